The number of hydrogen-bond acceptors (Lipinski definition) is 2. The predicted octanol–water partition coefficient (Wildman–Crippen LogP) is 2.58. The number of amides is 1. The molecule has 1 amide bonds. The molecule has 27 heavy (non-hydrogen) atoms. The van der Waals surface area contributed by atoms with E-state index in [4.69, 9.17) is 4.99 Å². The molecule has 0 spiro atoms. The van der Waals surface area contributed by atoms with Crippen LogP contribution in [-0.4, -0.2) is 54.0 Å². The Morgan fingerprint density at radius 1 is 1.37 bits per heavy atom. The van der Waals surface area contributed by atoms with E-state index in [1.807, 2.05) is 11.8 Å². The molecular weight excluding hydrogens is 338 g/mol. The molecule has 1 atom stereocenters. The lowest BCUT2D eigenvalue weighted by Gasteiger charge is -2.18. The van der Waals surface area contributed by atoms with Crippen LogP contribution in [0, 0.1) is 6.92 Å². The van der Waals surface area contributed by atoms with Crippen LogP contribution >= 0.6 is 0 Å². The molecule has 0 saturated carbocycles. The summed E-state index contributed by atoms with van der Waals surface area (Å²) in [4.78, 5) is 21.9. The maximum atomic E-state index is 11.9. The van der Waals surface area contributed by atoms with Crippen LogP contribution in [0.1, 0.15) is 37.8 Å². The van der Waals surface area contributed by atoms with Gasteiger partial charge in [-0.3, -0.25) is 9.79 Å². The van der Waals surface area contributed by atoms with Gasteiger partial charge in [0.2, 0.25) is 5.91 Å². The van der Waals surface area contributed by atoms with Crippen molar-refractivity contribution in [3.05, 3.63) is 35.5 Å². The molecule has 1 aliphatic rings. The van der Waals surface area contributed by atoms with Crippen molar-refractivity contribution in [2.24, 2.45) is 4.99 Å². The summed E-state index contributed by atoms with van der Waals surface area (Å²) in [5.41, 5.74) is 3.75. The summed E-state index contributed by atoms with van der Waals surface area (Å²) in [6.07, 6.45) is 4.53. The number of nitrogens with one attached hydrogen (secondary N) is 3. The van der Waals surface area contributed by atoms with E-state index in [1.165, 1.54) is 22.0 Å². The summed E-state index contributed by atoms with van der Waals surface area (Å²) in [6, 6.07) is 6.78. The summed E-state index contributed by atoms with van der Waals surface area (Å²) in [7, 11) is 0. The van der Waals surface area contributed by atoms with Gasteiger partial charge in [0.1, 0.15) is 0 Å². The van der Waals surface area contributed by atoms with Gasteiger partial charge in [-0.2, -0.15) is 0 Å². The Balaban J connectivity index is 1.58. The number of fused-ring (bicyclic) bond motifs is 1. The Hall–Kier alpha value is -2.50. The van der Waals surface area contributed by atoms with E-state index in [1.54, 1.807) is 0 Å². The summed E-state index contributed by atoms with van der Waals surface area (Å²) in [6.45, 7) is 9.23. The van der Waals surface area contributed by atoms with Gasteiger partial charge >= 0.3 is 0 Å². The van der Waals surface area contributed by atoms with Gasteiger partial charge in [-0.1, -0.05) is 19.1 Å². The maximum absolute atomic E-state index is 11.9. The highest BCUT2D eigenvalue weighted by Gasteiger charge is 2.25. The summed E-state index contributed by atoms with van der Waals surface area (Å²) >= 11 is 0. The molecule has 1 aromatic heterocycles. The normalized spacial score (nSPS) is 17.5. The number of aromatic amines is 1. The van der Waals surface area contributed by atoms with Crippen LogP contribution in [0.3, 0.4) is 0 Å². The lowest BCUT2D eigenvalue weighted by atomic mass is 10.1. The van der Waals surface area contributed by atoms with Crippen molar-refractivity contribution in [1.82, 2.24) is 20.5 Å². The summed E-state index contributed by atoms with van der Waals surface area (Å²) in [5.74, 6) is 1.07. The smallest absolute Gasteiger partial charge is 0.222 e. The lowest BCUT2D eigenvalue weighted by molar-refractivity contribution is -0.129. The number of likely N-dealkylation sites (tertiary alicyclic amines) is 1. The average Bonchev–Trinajstić information content (AvgIpc) is 3.28. The van der Waals surface area contributed by atoms with Gasteiger partial charge in [-0.25, -0.2) is 0 Å². The number of aryl methyl sites for hydroxylation is 1. The molecule has 6 heteroatoms. The zero-order valence-corrected chi connectivity index (χ0v) is 16.6. The van der Waals surface area contributed by atoms with Crippen molar-refractivity contribution < 1.29 is 4.79 Å². The van der Waals surface area contributed by atoms with Crippen molar-refractivity contribution >= 4 is 22.8 Å². The zero-order valence-electron chi connectivity index (χ0n) is 16.6. The Bertz CT molecular complexity index is 810. The molecule has 2 heterocycles. The molecule has 6 nitrogen and oxygen atoms in total. The molecule has 0 aliphatic carbocycles. The third-order valence-corrected chi connectivity index (χ3v) is 5.10. The third-order valence-electron chi connectivity index (χ3n) is 5.10. The van der Waals surface area contributed by atoms with E-state index in [-0.39, 0.29) is 11.9 Å². The number of H-pyrrole nitrogens is 1. The first-order valence-corrected chi connectivity index (χ1v) is 10.00. The first-order chi connectivity index (χ1) is 13.1. The Labute approximate surface area is 161 Å². The van der Waals surface area contributed by atoms with Crippen molar-refractivity contribution in [3.8, 4) is 0 Å². The monoisotopic (exact) mass is 369 g/mol. The minimum Gasteiger partial charge on any atom is -0.361 e. The minimum absolute atomic E-state index is 0.232. The number of aliphatic imine (C=N–C) groups is 1. The molecule has 3 N–H and O–H groups in total. The van der Waals surface area contributed by atoms with E-state index in [0.717, 1.165) is 45.0 Å². The predicted molar refractivity (Wildman–Crippen MR) is 111 cm³/mol. The summed E-state index contributed by atoms with van der Waals surface area (Å²) in [5, 5.41) is 8.08. The van der Waals surface area contributed by atoms with Gasteiger partial charge < -0.3 is 20.5 Å². The van der Waals surface area contributed by atoms with Crippen molar-refractivity contribution in [2.45, 2.75) is 46.1 Å². The van der Waals surface area contributed by atoms with Gasteiger partial charge in [-0.15, -0.1) is 0 Å². The second-order valence-electron chi connectivity index (χ2n) is 7.20. The topological polar surface area (TPSA) is 72.5 Å². The first kappa shape index (κ1) is 19.3. The molecule has 1 fully saturated rings. The number of hydrogen-bond donors (Lipinski definition) is 3. The van der Waals surface area contributed by atoms with E-state index >= 15 is 0 Å². The Kier molecular flexibility index (Phi) is 6.37. The average molecular weight is 370 g/mol. The SMILES string of the molecule is CCNC(=NCCc1c[nH]c2cc(C)ccc12)NC1CCN(C(=O)CC)C1. The third kappa shape index (κ3) is 4.81. The fraction of sp³-hybridized carbons (Fsp3) is 0.524. The largest absolute Gasteiger partial charge is 0.361 e. The van der Waals surface area contributed by atoms with Crippen LogP contribution in [0.5, 0.6) is 0 Å². The molecular formula is C21H31N5O. The second-order valence-corrected chi connectivity index (χ2v) is 7.20. The molecule has 0 radical (unpaired) electrons. The maximum Gasteiger partial charge on any atom is 0.222 e. The van der Waals surface area contributed by atoms with Crippen molar-refractivity contribution in [2.75, 3.05) is 26.2 Å². The van der Waals surface area contributed by atoms with E-state index in [0.29, 0.717) is 6.42 Å². The van der Waals surface area contributed by atoms with E-state index in [9.17, 15) is 4.79 Å². The minimum atomic E-state index is 0.232. The summed E-state index contributed by atoms with van der Waals surface area (Å²) < 4.78 is 0. The quantitative estimate of drug-likeness (QED) is 0.541. The number of rotatable bonds is 6. The number of nitrogens with zero attached hydrogens (tertiary/aromatic N) is 2. The fourth-order valence-electron chi connectivity index (χ4n) is 3.64. The molecule has 2 aromatic rings. The number of carbonyl (C=O) groups is 1. The fourth-order valence-corrected chi connectivity index (χ4v) is 3.64. The molecule has 146 valence electrons. The van der Waals surface area contributed by atoms with Crippen LogP contribution < -0.4 is 10.6 Å². The number of guanidine groups is 1. The van der Waals surface area contributed by atoms with Gasteiger partial charge in [0.15, 0.2) is 5.96 Å². The lowest BCUT2D eigenvalue weighted by Crippen LogP contribution is -2.45. The van der Waals surface area contributed by atoms with E-state index in [2.05, 4.69) is 53.9 Å². The van der Waals surface area contributed by atoms with Crippen LogP contribution in [0.4, 0.5) is 0 Å². The van der Waals surface area contributed by atoms with Crippen LogP contribution in [-0.2, 0) is 11.2 Å². The molecule has 1 aromatic carbocycles. The van der Waals surface area contributed by atoms with E-state index < -0.39 is 0 Å². The van der Waals surface area contributed by atoms with Crippen LogP contribution in [0.25, 0.3) is 10.9 Å². The molecule has 1 saturated heterocycles. The van der Waals surface area contributed by atoms with Crippen LogP contribution in [0.15, 0.2) is 29.4 Å². The van der Waals surface area contributed by atoms with Gasteiger partial charge in [0.05, 0.1) is 0 Å². The Morgan fingerprint density at radius 3 is 3.00 bits per heavy atom. The zero-order chi connectivity index (χ0) is 19.2. The van der Waals surface area contributed by atoms with Crippen molar-refractivity contribution in [3.63, 3.8) is 0 Å². The standard InChI is InChI=1S/C21H31N5O/c1-4-20(27)26-11-9-17(14-26)25-21(22-5-2)23-10-8-16-13-24-19-12-15(3)6-7-18(16)19/h6-7,12-13,17,24H,4-5,8-11,14H2,1-3H3,(H2,22,23,25). The number of aromatic nitrogens is 1. The number of benzene rings is 1. The highest BCUT2D eigenvalue weighted by atomic mass is 16.2. The molecule has 1 aliphatic heterocycles. The molecule has 3 rings (SSSR count). The first-order valence-electron chi connectivity index (χ1n) is 10.00. The van der Waals surface area contributed by atoms with Gasteiger partial charge in [-0.05, 0) is 43.9 Å². The Morgan fingerprint density at radius 2 is 2.22 bits per heavy atom. The number of carbonyl (C=O) groups excluding carboxylic acids is 1. The van der Waals surface area contributed by atoms with Gasteiger partial charge in [0, 0.05) is 55.7 Å². The van der Waals surface area contributed by atoms with Gasteiger partial charge in [0.25, 0.3) is 0 Å². The molecule has 0 bridgehead atoms. The van der Waals surface area contributed by atoms with Crippen molar-refractivity contribution in [1.29, 1.82) is 0 Å². The second kappa shape index (κ2) is 8.93. The highest BCUT2D eigenvalue weighted by molar-refractivity contribution is 5.84. The van der Waals surface area contributed by atoms with Crippen LogP contribution in [0.2, 0.25) is 0 Å². The highest BCUT2D eigenvalue weighted by Crippen LogP contribution is 2.20. The molecule has 1 unspecified atom stereocenters.